The first kappa shape index (κ1) is 15.1. The minimum atomic E-state index is -0.0564. The van der Waals surface area contributed by atoms with Crippen LogP contribution in [0.5, 0.6) is 5.75 Å². The number of rotatable bonds is 2. The molecule has 0 aliphatic carbocycles. The van der Waals surface area contributed by atoms with Crippen LogP contribution in [0.2, 0.25) is 0 Å². The average molecular weight is 356 g/mol. The average Bonchev–Trinajstić information content (AvgIpc) is 2.44. The summed E-state index contributed by atoms with van der Waals surface area (Å²) in [6.07, 6.45) is 3.92. The topological polar surface area (TPSA) is 53.7 Å². The van der Waals surface area contributed by atoms with Crippen LogP contribution in [0, 0.1) is 6.92 Å². The van der Waals surface area contributed by atoms with Gasteiger partial charge in [0.2, 0.25) is 0 Å². The van der Waals surface area contributed by atoms with Crippen LogP contribution in [0.4, 0.5) is 5.69 Å². The molecule has 5 heteroatoms. The highest BCUT2D eigenvalue weighted by molar-refractivity contribution is 9.10. The van der Waals surface area contributed by atoms with Gasteiger partial charge in [-0.3, -0.25) is 0 Å². The number of nitrogen functional groups attached to an aromatic ring is 1. The maximum Gasteiger partial charge on any atom is 0.145 e. The van der Waals surface area contributed by atoms with E-state index in [9.17, 15) is 0 Å². The van der Waals surface area contributed by atoms with Gasteiger partial charge in [-0.15, -0.1) is 0 Å². The van der Waals surface area contributed by atoms with E-state index in [1.807, 2.05) is 19.1 Å². The van der Waals surface area contributed by atoms with Gasteiger partial charge in [-0.2, -0.15) is 0 Å². The fourth-order valence-electron chi connectivity index (χ4n) is 3.26. The molecule has 2 aliphatic rings. The van der Waals surface area contributed by atoms with E-state index in [1.54, 1.807) is 0 Å². The Bertz CT molecular complexity index is 486. The molecule has 0 amide bonds. The fourth-order valence-corrected chi connectivity index (χ4v) is 3.85. The van der Waals surface area contributed by atoms with Crippen LogP contribution in [-0.2, 0) is 9.47 Å². The molecule has 21 heavy (non-hydrogen) atoms. The van der Waals surface area contributed by atoms with Crippen LogP contribution in [0.25, 0.3) is 0 Å². The molecule has 116 valence electrons. The van der Waals surface area contributed by atoms with Crippen LogP contribution in [0.15, 0.2) is 16.6 Å². The lowest BCUT2D eigenvalue weighted by molar-refractivity contribution is -0.155. The molecule has 1 unspecified atom stereocenters. The summed E-state index contributed by atoms with van der Waals surface area (Å²) >= 11 is 3.46. The van der Waals surface area contributed by atoms with Gasteiger partial charge in [-0.25, -0.2) is 0 Å². The zero-order valence-corrected chi connectivity index (χ0v) is 13.9. The fraction of sp³-hybridized carbons (Fsp3) is 0.625. The molecule has 4 nitrogen and oxygen atoms in total. The maximum absolute atomic E-state index is 6.23. The molecule has 0 aromatic heterocycles. The minimum Gasteiger partial charge on any atom is -0.488 e. The molecule has 1 aromatic rings. The largest absolute Gasteiger partial charge is 0.488 e. The van der Waals surface area contributed by atoms with E-state index in [1.165, 1.54) is 0 Å². The SMILES string of the molecule is Cc1cc(Br)cc(N)c1OC1CCOC2(CCOCC2)C1. The first-order valence-electron chi connectivity index (χ1n) is 7.52. The number of hydrogen-bond donors (Lipinski definition) is 1. The van der Waals surface area contributed by atoms with Crippen molar-refractivity contribution in [2.75, 3.05) is 25.6 Å². The van der Waals surface area contributed by atoms with E-state index >= 15 is 0 Å². The van der Waals surface area contributed by atoms with Gasteiger partial charge < -0.3 is 19.9 Å². The smallest absolute Gasteiger partial charge is 0.145 e. The van der Waals surface area contributed by atoms with Gasteiger partial charge in [-0.05, 0) is 37.5 Å². The van der Waals surface area contributed by atoms with Gasteiger partial charge in [0.25, 0.3) is 0 Å². The monoisotopic (exact) mass is 355 g/mol. The second-order valence-corrected chi connectivity index (χ2v) is 6.93. The van der Waals surface area contributed by atoms with Gasteiger partial charge in [-0.1, -0.05) is 15.9 Å². The second kappa shape index (κ2) is 6.15. The number of hydrogen-bond acceptors (Lipinski definition) is 4. The van der Waals surface area contributed by atoms with Crippen LogP contribution >= 0.6 is 15.9 Å². The highest BCUT2D eigenvalue weighted by Crippen LogP contribution is 2.38. The van der Waals surface area contributed by atoms with Crippen molar-refractivity contribution in [3.8, 4) is 5.75 Å². The van der Waals surface area contributed by atoms with Gasteiger partial charge in [0.15, 0.2) is 0 Å². The van der Waals surface area contributed by atoms with Crippen LogP contribution < -0.4 is 10.5 Å². The number of aryl methyl sites for hydroxylation is 1. The number of ether oxygens (including phenoxy) is 3. The van der Waals surface area contributed by atoms with Gasteiger partial charge in [0.1, 0.15) is 11.9 Å². The number of halogens is 1. The number of anilines is 1. The number of benzene rings is 1. The van der Waals surface area contributed by atoms with Crippen molar-refractivity contribution in [3.05, 3.63) is 22.2 Å². The van der Waals surface area contributed by atoms with E-state index in [2.05, 4.69) is 15.9 Å². The first-order valence-corrected chi connectivity index (χ1v) is 8.31. The molecule has 1 aromatic carbocycles. The van der Waals surface area contributed by atoms with E-state index in [0.717, 1.165) is 61.3 Å². The van der Waals surface area contributed by atoms with Gasteiger partial charge in [0.05, 0.1) is 17.9 Å². The van der Waals surface area contributed by atoms with Crippen molar-refractivity contribution < 1.29 is 14.2 Å². The number of nitrogens with two attached hydrogens (primary N) is 1. The summed E-state index contributed by atoms with van der Waals surface area (Å²) in [5.41, 5.74) is 7.80. The summed E-state index contributed by atoms with van der Waals surface area (Å²) in [6.45, 7) is 4.35. The van der Waals surface area contributed by atoms with Gasteiger partial charge in [0, 0.05) is 30.5 Å². The Kier molecular flexibility index (Phi) is 4.43. The summed E-state index contributed by atoms with van der Waals surface area (Å²) in [4.78, 5) is 0. The lowest BCUT2D eigenvalue weighted by atomic mass is 9.85. The molecule has 2 aliphatic heterocycles. The Labute approximate surface area is 134 Å². The van der Waals surface area contributed by atoms with Crippen molar-refractivity contribution in [2.45, 2.75) is 44.3 Å². The summed E-state index contributed by atoms with van der Waals surface area (Å²) in [5.74, 6) is 0.812. The highest BCUT2D eigenvalue weighted by atomic mass is 79.9. The third-order valence-electron chi connectivity index (χ3n) is 4.40. The van der Waals surface area contributed by atoms with Crippen molar-refractivity contribution in [3.63, 3.8) is 0 Å². The quantitative estimate of drug-likeness (QED) is 0.825. The second-order valence-electron chi connectivity index (χ2n) is 6.02. The molecular weight excluding hydrogens is 334 g/mol. The first-order chi connectivity index (χ1) is 10.1. The zero-order valence-electron chi connectivity index (χ0n) is 12.4. The molecule has 0 bridgehead atoms. The van der Waals surface area contributed by atoms with Crippen molar-refractivity contribution in [2.24, 2.45) is 0 Å². The zero-order chi connectivity index (χ0) is 14.9. The third kappa shape index (κ3) is 3.35. The Hall–Kier alpha value is -0.780. The Morgan fingerprint density at radius 1 is 1.29 bits per heavy atom. The Morgan fingerprint density at radius 3 is 2.76 bits per heavy atom. The molecular formula is C16H22BrNO3. The summed E-state index contributed by atoms with van der Waals surface area (Å²) < 4.78 is 18.7. The molecule has 0 radical (unpaired) electrons. The van der Waals surface area contributed by atoms with Crippen molar-refractivity contribution in [1.82, 2.24) is 0 Å². The standard InChI is InChI=1S/C16H22BrNO3/c1-11-8-12(17)9-14(18)15(11)21-13-2-5-20-16(10-13)3-6-19-7-4-16/h8-9,13H,2-7,10,18H2,1H3. The Morgan fingerprint density at radius 2 is 2.05 bits per heavy atom. The van der Waals surface area contributed by atoms with Gasteiger partial charge >= 0.3 is 0 Å². The minimum absolute atomic E-state index is 0.0564. The molecule has 2 fully saturated rings. The van der Waals surface area contributed by atoms with E-state index in [-0.39, 0.29) is 11.7 Å². The maximum atomic E-state index is 6.23. The van der Waals surface area contributed by atoms with Crippen molar-refractivity contribution in [1.29, 1.82) is 0 Å². The van der Waals surface area contributed by atoms with E-state index in [4.69, 9.17) is 19.9 Å². The lowest BCUT2D eigenvalue weighted by Crippen LogP contribution is -2.47. The van der Waals surface area contributed by atoms with E-state index < -0.39 is 0 Å². The molecule has 0 saturated carbocycles. The normalized spacial score (nSPS) is 25.0. The predicted molar refractivity (Wildman–Crippen MR) is 85.7 cm³/mol. The van der Waals surface area contributed by atoms with Crippen LogP contribution in [0.1, 0.15) is 31.2 Å². The molecule has 3 rings (SSSR count). The lowest BCUT2D eigenvalue weighted by Gasteiger charge is -2.43. The van der Waals surface area contributed by atoms with Crippen LogP contribution in [-0.4, -0.2) is 31.5 Å². The third-order valence-corrected chi connectivity index (χ3v) is 4.86. The summed E-state index contributed by atoms with van der Waals surface area (Å²) in [7, 11) is 0. The van der Waals surface area contributed by atoms with E-state index in [0.29, 0.717) is 5.69 Å². The molecule has 2 saturated heterocycles. The predicted octanol–water partition coefficient (Wildman–Crippen LogP) is 3.45. The molecule has 2 N–H and O–H groups in total. The summed E-state index contributed by atoms with van der Waals surface area (Å²) in [6, 6.07) is 3.93. The molecule has 2 heterocycles. The molecule has 1 spiro atoms. The Balaban J connectivity index is 1.73. The molecule has 1 atom stereocenters. The summed E-state index contributed by atoms with van der Waals surface area (Å²) in [5, 5.41) is 0. The highest BCUT2D eigenvalue weighted by Gasteiger charge is 2.40. The van der Waals surface area contributed by atoms with Crippen molar-refractivity contribution >= 4 is 21.6 Å². The van der Waals surface area contributed by atoms with Crippen LogP contribution in [0.3, 0.4) is 0 Å².